The molecule has 1 aromatic heterocycles. The molecule has 1 amide bonds. The van der Waals surface area contributed by atoms with Crippen LogP contribution in [0.3, 0.4) is 0 Å². The van der Waals surface area contributed by atoms with E-state index in [1.165, 1.54) is 4.88 Å². The molecule has 1 aromatic rings. The average molecular weight is 304 g/mol. The Kier molecular flexibility index (Phi) is 6.79. The minimum atomic E-state index is 0. The van der Waals surface area contributed by atoms with Crippen molar-refractivity contribution in [3.05, 3.63) is 22.4 Å². The number of hydrogen-bond donors (Lipinski definition) is 2. The first-order valence-electron chi connectivity index (χ1n) is 6.39. The fourth-order valence-corrected chi connectivity index (χ4v) is 3.17. The van der Waals surface area contributed by atoms with Crippen molar-refractivity contribution < 1.29 is 4.79 Å². The first-order chi connectivity index (χ1) is 8.68. The van der Waals surface area contributed by atoms with Crippen molar-refractivity contribution in [1.29, 1.82) is 0 Å². The highest BCUT2D eigenvalue weighted by atomic mass is 35.5. The molecular formula is C13H22ClN3OS. The van der Waals surface area contributed by atoms with Crippen molar-refractivity contribution in [2.24, 2.45) is 0 Å². The maximum Gasteiger partial charge on any atom is 0.237 e. The summed E-state index contributed by atoms with van der Waals surface area (Å²) in [6.07, 6.45) is 2.05. The topological polar surface area (TPSA) is 44.4 Å². The Morgan fingerprint density at radius 3 is 2.95 bits per heavy atom. The first-order valence-corrected chi connectivity index (χ1v) is 7.27. The van der Waals surface area contributed by atoms with Gasteiger partial charge in [0.1, 0.15) is 0 Å². The lowest BCUT2D eigenvalue weighted by atomic mass is 10.2. The molecule has 0 aromatic carbocycles. The Hall–Kier alpha value is -0.620. The van der Waals surface area contributed by atoms with Gasteiger partial charge in [0.25, 0.3) is 0 Å². The molecule has 0 aliphatic carbocycles. The van der Waals surface area contributed by atoms with E-state index in [0.29, 0.717) is 6.54 Å². The smallest absolute Gasteiger partial charge is 0.237 e. The molecule has 1 saturated heterocycles. The third-order valence-electron chi connectivity index (χ3n) is 3.34. The lowest BCUT2D eigenvalue weighted by Gasteiger charge is -2.24. The first kappa shape index (κ1) is 16.4. The van der Waals surface area contributed by atoms with Gasteiger partial charge in [-0.15, -0.1) is 23.7 Å². The number of hydrogen-bond acceptors (Lipinski definition) is 4. The SMILES string of the molecule is CN(C)C(CNC(=O)C1CCCN1)c1cccs1.Cl. The third-order valence-corrected chi connectivity index (χ3v) is 4.31. The molecule has 0 bridgehead atoms. The maximum absolute atomic E-state index is 12.0. The molecule has 2 atom stereocenters. The number of thiophene rings is 1. The quantitative estimate of drug-likeness (QED) is 0.869. The van der Waals surface area contributed by atoms with Gasteiger partial charge in [-0.05, 0) is 44.9 Å². The Bertz CT molecular complexity index is 377. The molecular weight excluding hydrogens is 282 g/mol. The molecule has 2 unspecified atom stereocenters. The van der Waals surface area contributed by atoms with Crippen LogP contribution in [0.25, 0.3) is 0 Å². The monoisotopic (exact) mass is 303 g/mol. The van der Waals surface area contributed by atoms with Crippen molar-refractivity contribution in [1.82, 2.24) is 15.5 Å². The van der Waals surface area contributed by atoms with Crippen molar-refractivity contribution in [2.45, 2.75) is 24.9 Å². The van der Waals surface area contributed by atoms with E-state index in [1.54, 1.807) is 11.3 Å². The van der Waals surface area contributed by atoms with Gasteiger partial charge in [-0.25, -0.2) is 0 Å². The molecule has 0 saturated carbocycles. The van der Waals surface area contributed by atoms with Crippen LogP contribution >= 0.6 is 23.7 Å². The van der Waals surface area contributed by atoms with Crippen molar-refractivity contribution in [3.8, 4) is 0 Å². The zero-order valence-corrected chi connectivity index (χ0v) is 13.0. The number of rotatable bonds is 5. The van der Waals surface area contributed by atoms with Gasteiger partial charge in [-0.2, -0.15) is 0 Å². The highest BCUT2D eigenvalue weighted by Crippen LogP contribution is 2.22. The number of nitrogens with zero attached hydrogens (tertiary/aromatic N) is 1. The van der Waals surface area contributed by atoms with Gasteiger partial charge in [0, 0.05) is 11.4 Å². The highest BCUT2D eigenvalue weighted by Gasteiger charge is 2.23. The molecule has 19 heavy (non-hydrogen) atoms. The summed E-state index contributed by atoms with van der Waals surface area (Å²) in [6.45, 7) is 1.63. The zero-order chi connectivity index (χ0) is 13.0. The van der Waals surface area contributed by atoms with E-state index in [-0.39, 0.29) is 30.4 Å². The van der Waals surface area contributed by atoms with Crippen molar-refractivity contribution >= 4 is 29.7 Å². The summed E-state index contributed by atoms with van der Waals surface area (Å²) in [5, 5.41) is 8.35. The molecule has 2 N–H and O–H groups in total. The second kappa shape index (κ2) is 7.85. The van der Waals surface area contributed by atoms with Crippen LogP contribution in [0.5, 0.6) is 0 Å². The standard InChI is InChI=1S/C13H21N3OS.ClH/c1-16(2)11(12-6-4-8-18-12)9-15-13(17)10-5-3-7-14-10;/h4,6,8,10-11,14H,3,5,7,9H2,1-2H3,(H,15,17);1H. The number of carbonyl (C=O) groups is 1. The second-order valence-corrected chi connectivity index (χ2v) is 5.87. The van der Waals surface area contributed by atoms with E-state index >= 15 is 0 Å². The van der Waals surface area contributed by atoms with Gasteiger partial charge >= 0.3 is 0 Å². The Morgan fingerprint density at radius 1 is 1.63 bits per heavy atom. The summed E-state index contributed by atoms with van der Waals surface area (Å²) in [5.41, 5.74) is 0. The van der Waals surface area contributed by atoms with E-state index in [4.69, 9.17) is 0 Å². The molecule has 0 radical (unpaired) electrons. The summed E-state index contributed by atoms with van der Waals surface area (Å²) in [6, 6.07) is 4.44. The summed E-state index contributed by atoms with van der Waals surface area (Å²) < 4.78 is 0. The molecule has 108 valence electrons. The highest BCUT2D eigenvalue weighted by molar-refractivity contribution is 7.10. The van der Waals surface area contributed by atoms with Gasteiger partial charge < -0.3 is 15.5 Å². The predicted octanol–water partition coefficient (Wildman–Crippen LogP) is 1.64. The van der Waals surface area contributed by atoms with Gasteiger partial charge in [-0.3, -0.25) is 4.79 Å². The molecule has 0 spiro atoms. The third kappa shape index (κ3) is 4.45. The lowest BCUT2D eigenvalue weighted by molar-refractivity contribution is -0.123. The summed E-state index contributed by atoms with van der Waals surface area (Å²) in [4.78, 5) is 15.4. The molecule has 1 aliphatic rings. The van der Waals surface area contributed by atoms with Crippen molar-refractivity contribution in [2.75, 3.05) is 27.2 Å². The van der Waals surface area contributed by atoms with Gasteiger partial charge in [-0.1, -0.05) is 6.07 Å². The summed E-state index contributed by atoms with van der Waals surface area (Å²) in [7, 11) is 4.09. The largest absolute Gasteiger partial charge is 0.353 e. The second-order valence-electron chi connectivity index (χ2n) is 4.89. The molecule has 1 fully saturated rings. The molecule has 2 heterocycles. The van der Waals surface area contributed by atoms with E-state index in [1.807, 2.05) is 14.1 Å². The molecule has 4 nitrogen and oxygen atoms in total. The zero-order valence-electron chi connectivity index (χ0n) is 11.4. The fourth-order valence-electron chi connectivity index (χ4n) is 2.25. The van der Waals surface area contributed by atoms with Crippen LogP contribution in [0.15, 0.2) is 17.5 Å². The number of halogens is 1. The number of carbonyl (C=O) groups excluding carboxylic acids is 1. The van der Waals surface area contributed by atoms with Crippen LogP contribution in [0.4, 0.5) is 0 Å². The van der Waals surface area contributed by atoms with Crippen LogP contribution in [0.1, 0.15) is 23.8 Å². The van der Waals surface area contributed by atoms with E-state index in [0.717, 1.165) is 19.4 Å². The van der Waals surface area contributed by atoms with Crippen LogP contribution in [-0.2, 0) is 4.79 Å². The van der Waals surface area contributed by atoms with Crippen LogP contribution in [-0.4, -0.2) is 44.0 Å². The van der Waals surface area contributed by atoms with Crippen LogP contribution in [0, 0.1) is 0 Å². The summed E-state index contributed by atoms with van der Waals surface area (Å²) >= 11 is 1.73. The van der Waals surface area contributed by atoms with Gasteiger partial charge in [0.15, 0.2) is 0 Å². The lowest BCUT2D eigenvalue weighted by Crippen LogP contribution is -2.43. The minimum Gasteiger partial charge on any atom is -0.353 e. The molecule has 6 heteroatoms. The fraction of sp³-hybridized carbons (Fsp3) is 0.615. The average Bonchev–Trinajstić information content (AvgIpc) is 3.01. The normalized spacial score (nSPS) is 20.1. The summed E-state index contributed by atoms with van der Waals surface area (Å²) in [5.74, 6) is 0.135. The van der Waals surface area contributed by atoms with Crippen LogP contribution < -0.4 is 10.6 Å². The Balaban J connectivity index is 0.00000180. The molecule has 2 rings (SSSR count). The number of nitrogens with one attached hydrogen (secondary N) is 2. The molecule has 1 aliphatic heterocycles. The van der Waals surface area contributed by atoms with Crippen molar-refractivity contribution in [3.63, 3.8) is 0 Å². The Labute approximate surface area is 125 Å². The van der Waals surface area contributed by atoms with Gasteiger partial charge in [0.2, 0.25) is 5.91 Å². The van der Waals surface area contributed by atoms with Crippen LogP contribution in [0.2, 0.25) is 0 Å². The predicted molar refractivity (Wildman–Crippen MR) is 82.0 cm³/mol. The van der Waals surface area contributed by atoms with E-state index in [2.05, 4.69) is 33.0 Å². The van der Waals surface area contributed by atoms with E-state index in [9.17, 15) is 4.79 Å². The number of amides is 1. The Morgan fingerprint density at radius 2 is 2.42 bits per heavy atom. The maximum atomic E-state index is 12.0. The van der Waals surface area contributed by atoms with Gasteiger partial charge in [0.05, 0.1) is 12.1 Å². The van der Waals surface area contributed by atoms with E-state index < -0.39 is 0 Å². The minimum absolute atomic E-state index is 0. The number of likely N-dealkylation sites (N-methyl/N-ethyl adjacent to an activating group) is 1.